The van der Waals surface area contributed by atoms with Gasteiger partial charge in [0.25, 0.3) is 0 Å². The summed E-state index contributed by atoms with van der Waals surface area (Å²) in [7, 11) is 0. The molecule has 0 spiro atoms. The molecule has 2 rings (SSSR count). The molecule has 1 saturated heterocycles. The molecule has 2 fully saturated rings. The molecule has 1 heterocycles. The molecule has 2 unspecified atom stereocenters. The highest BCUT2D eigenvalue weighted by atomic mass is 16.5. The molecule has 2 aliphatic rings. The summed E-state index contributed by atoms with van der Waals surface area (Å²) in [4.78, 5) is 11.6. The first kappa shape index (κ1) is 9.00. The lowest BCUT2D eigenvalue weighted by atomic mass is 9.96. The van der Waals surface area contributed by atoms with Gasteiger partial charge in [0.05, 0.1) is 0 Å². The molecule has 1 aliphatic heterocycles. The van der Waals surface area contributed by atoms with E-state index < -0.39 is 0 Å². The van der Waals surface area contributed by atoms with Crippen molar-refractivity contribution in [2.24, 2.45) is 5.92 Å². The van der Waals surface area contributed by atoms with Crippen LogP contribution in [0.1, 0.15) is 32.6 Å². The van der Waals surface area contributed by atoms with Gasteiger partial charge in [0.2, 0.25) is 0 Å². The fourth-order valence-corrected chi connectivity index (χ4v) is 1.88. The average molecular weight is 183 g/mol. The molecule has 0 aromatic carbocycles. The van der Waals surface area contributed by atoms with Gasteiger partial charge in [-0.2, -0.15) is 0 Å². The van der Waals surface area contributed by atoms with Gasteiger partial charge in [0.15, 0.2) is 0 Å². The second kappa shape index (κ2) is 3.66. The van der Waals surface area contributed by atoms with Gasteiger partial charge in [0, 0.05) is 0 Å². The van der Waals surface area contributed by atoms with Gasteiger partial charge >= 0.3 is 5.97 Å². The van der Waals surface area contributed by atoms with E-state index in [9.17, 15) is 4.79 Å². The summed E-state index contributed by atoms with van der Waals surface area (Å²) in [6, 6.07) is -0.0411. The number of ether oxygens (including phenoxy) is 1. The Morgan fingerprint density at radius 2 is 2.15 bits per heavy atom. The SMILES string of the molecule is CC1CCNC1C(=O)OC1CCC1. The molecule has 0 aromatic rings. The van der Waals surface area contributed by atoms with Crippen LogP contribution in [0.4, 0.5) is 0 Å². The fourth-order valence-electron chi connectivity index (χ4n) is 1.88. The first-order valence-corrected chi connectivity index (χ1v) is 5.21. The Morgan fingerprint density at radius 1 is 1.38 bits per heavy atom. The lowest BCUT2D eigenvalue weighted by Gasteiger charge is -2.27. The van der Waals surface area contributed by atoms with E-state index in [2.05, 4.69) is 12.2 Å². The number of hydrogen-bond donors (Lipinski definition) is 1. The predicted octanol–water partition coefficient (Wildman–Crippen LogP) is 1.08. The highest BCUT2D eigenvalue weighted by Gasteiger charge is 2.33. The first-order chi connectivity index (χ1) is 6.27. The van der Waals surface area contributed by atoms with Gasteiger partial charge in [-0.25, -0.2) is 0 Å². The molecule has 1 aliphatic carbocycles. The van der Waals surface area contributed by atoms with Gasteiger partial charge in [-0.1, -0.05) is 6.92 Å². The van der Waals surface area contributed by atoms with Crippen molar-refractivity contribution in [1.82, 2.24) is 5.32 Å². The molecule has 13 heavy (non-hydrogen) atoms. The number of hydrogen-bond acceptors (Lipinski definition) is 3. The van der Waals surface area contributed by atoms with Gasteiger partial charge in [-0.15, -0.1) is 0 Å². The minimum absolute atomic E-state index is 0.0327. The number of carbonyl (C=O) groups excluding carboxylic acids is 1. The van der Waals surface area contributed by atoms with Crippen molar-refractivity contribution in [3.8, 4) is 0 Å². The minimum Gasteiger partial charge on any atom is -0.461 e. The van der Waals surface area contributed by atoms with Gasteiger partial charge in [-0.05, 0) is 38.1 Å². The van der Waals surface area contributed by atoms with Crippen LogP contribution in [0, 0.1) is 5.92 Å². The van der Waals surface area contributed by atoms with Crippen molar-refractivity contribution in [3.63, 3.8) is 0 Å². The van der Waals surface area contributed by atoms with Crippen LogP contribution in [-0.4, -0.2) is 24.7 Å². The third-order valence-corrected chi connectivity index (χ3v) is 3.12. The number of carbonyl (C=O) groups is 1. The largest absolute Gasteiger partial charge is 0.461 e. The van der Waals surface area contributed by atoms with E-state index in [1.54, 1.807) is 0 Å². The van der Waals surface area contributed by atoms with E-state index in [0.29, 0.717) is 5.92 Å². The summed E-state index contributed by atoms with van der Waals surface area (Å²) >= 11 is 0. The lowest BCUT2D eigenvalue weighted by molar-refractivity contribution is -0.156. The van der Waals surface area contributed by atoms with Crippen LogP contribution in [0.5, 0.6) is 0 Å². The molecule has 74 valence electrons. The monoisotopic (exact) mass is 183 g/mol. The molecule has 0 aromatic heterocycles. The Morgan fingerprint density at radius 3 is 2.62 bits per heavy atom. The molecule has 1 saturated carbocycles. The topological polar surface area (TPSA) is 38.3 Å². The highest BCUT2D eigenvalue weighted by molar-refractivity contribution is 5.76. The van der Waals surface area contributed by atoms with Crippen molar-refractivity contribution in [2.45, 2.75) is 44.8 Å². The number of esters is 1. The van der Waals surface area contributed by atoms with E-state index in [1.807, 2.05) is 0 Å². The van der Waals surface area contributed by atoms with Gasteiger partial charge < -0.3 is 10.1 Å². The van der Waals surface area contributed by atoms with Crippen molar-refractivity contribution >= 4 is 5.97 Å². The molecular formula is C10H17NO2. The Labute approximate surface area is 78.8 Å². The van der Waals surface area contributed by atoms with E-state index >= 15 is 0 Å². The van der Waals surface area contributed by atoms with Crippen LogP contribution in [0.25, 0.3) is 0 Å². The van der Waals surface area contributed by atoms with Crippen LogP contribution in [0.15, 0.2) is 0 Å². The normalized spacial score (nSPS) is 34.2. The zero-order valence-electron chi connectivity index (χ0n) is 8.08. The molecule has 2 atom stereocenters. The number of rotatable bonds is 2. The van der Waals surface area contributed by atoms with Crippen molar-refractivity contribution < 1.29 is 9.53 Å². The minimum atomic E-state index is -0.0411. The second-order valence-corrected chi connectivity index (χ2v) is 4.19. The Kier molecular flexibility index (Phi) is 2.54. The Hall–Kier alpha value is -0.570. The third kappa shape index (κ3) is 1.85. The van der Waals surface area contributed by atoms with E-state index in [1.165, 1.54) is 6.42 Å². The van der Waals surface area contributed by atoms with Crippen molar-refractivity contribution in [3.05, 3.63) is 0 Å². The number of nitrogens with one attached hydrogen (secondary N) is 1. The first-order valence-electron chi connectivity index (χ1n) is 5.21. The predicted molar refractivity (Wildman–Crippen MR) is 49.3 cm³/mol. The van der Waals surface area contributed by atoms with E-state index in [0.717, 1.165) is 25.8 Å². The fraction of sp³-hybridized carbons (Fsp3) is 0.900. The quantitative estimate of drug-likeness (QED) is 0.651. The smallest absolute Gasteiger partial charge is 0.323 e. The molecule has 0 radical (unpaired) electrons. The standard InChI is InChI=1S/C10H17NO2/c1-7-5-6-11-9(7)10(12)13-8-3-2-4-8/h7-9,11H,2-6H2,1H3. The lowest BCUT2D eigenvalue weighted by Crippen LogP contribution is -2.39. The summed E-state index contributed by atoms with van der Waals surface area (Å²) in [5.74, 6) is 0.405. The summed E-state index contributed by atoms with van der Waals surface area (Å²) in [6.07, 6.45) is 4.65. The summed E-state index contributed by atoms with van der Waals surface area (Å²) < 4.78 is 5.34. The zero-order valence-corrected chi connectivity index (χ0v) is 8.08. The second-order valence-electron chi connectivity index (χ2n) is 4.19. The maximum Gasteiger partial charge on any atom is 0.323 e. The van der Waals surface area contributed by atoms with Crippen molar-refractivity contribution in [2.75, 3.05) is 6.54 Å². The third-order valence-electron chi connectivity index (χ3n) is 3.12. The Balaban J connectivity index is 1.81. The van der Waals surface area contributed by atoms with E-state index in [4.69, 9.17) is 4.74 Å². The molecule has 3 heteroatoms. The molecule has 1 N–H and O–H groups in total. The maximum absolute atomic E-state index is 11.6. The van der Waals surface area contributed by atoms with Crippen LogP contribution in [-0.2, 0) is 9.53 Å². The van der Waals surface area contributed by atoms with Crippen molar-refractivity contribution in [1.29, 1.82) is 0 Å². The maximum atomic E-state index is 11.6. The highest BCUT2D eigenvalue weighted by Crippen LogP contribution is 2.24. The summed E-state index contributed by atoms with van der Waals surface area (Å²) in [6.45, 7) is 3.05. The van der Waals surface area contributed by atoms with E-state index in [-0.39, 0.29) is 18.1 Å². The van der Waals surface area contributed by atoms with Crippen LogP contribution >= 0.6 is 0 Å². The molecule has 0 amide bonds. The van der Waals surface area contributed by atoms with Crippen LogP contribution in [0.3, 0.4) is 0 Å². The van der Waals surface area contributed by atoms with Gasteiger partial charge in [-0.3, -0.25) is 4.79 Å². The molecular weight excluding hydrogens is 166 g/mol. The molecule has 3 nitrogen and oxygen atoms in total. The zero-order chi connectivity index (χ0) is 9.26. The Bertz CT molecular complexity index is 201. The summed E-state index contributed by atoms with van der Waals surface area (Å²) in [5, 5.41) is 3.19. The van der Waals surface area contributed by atoms with Crippen LogP contribution < -0.4 is 5.32 Å². The van der Waals surface area contributed by atoms with Gasteiger partial charge in [0.1, 0.15) is 12.1 Å². The van der Waals surface area contributed by atoms with Crippen LogP contribution in [0.2, 0.25) is 0 Å². The molecule has 0 bridgehead atoms. The average Bonchev–Trinajstić information content (AvgIpc) is 2.43. The summed E-state index contributed by atoms with van der Waals surface area (Å²) in [5.41, 5.74) is 0.